The first-order valence-electron chi connectivity index (χ1n) is 17.7. The van der Waals surface area contributed by atoms with Gasteiger partial charge in [0.15, 0.2) is 11.7 Å². The highest BCUT2D eigenvalue weighted by Crippen LogP contribution is 2.53. The van der Waals surface area contributed by atoms with Crippen LogP contribution in [-0.4, -0.2) is 59.6 Å². The number of amides is 2. The van der Waals surface area contributed by atoms with Crippen LogP contribution in [0.15, 0.2) is 17.1 Å². The first-order chi connectivity index (χ1) is 22.7. The summed E-state index contributed by atoms with van der Waals surface area (Å²) in [5.41, 5.74) is 31.1. The second-order valence-corrected chi connectivity index (χ2v) is 14.5. The van der Waals surface area contributed by atoms with Crippen LogP contribution >= 0.6 is 0 Å². The molecule has 4 rings (SSSR count). The van der Waals surface area contributed by atoms with Gasteiger partial charge >= 0.3 is 0 Å². The number of aromatic hydroxyl groups is 1. The minimum atomic E-state index is -0.849. The molecule has 1 aromatic rings. The number of rotatable bonds is 21. The predicted octanol–water partition coefficient (Wildman–Crippen LogP) is 2.54. The lowest BCUT2D eigenvalue weighted by atomic mass is 9.57. The number of guanidine groups is 1. The molecule has 0 saturated heterocycles. The fraction of sp³-hybridized carbons (Fsp3) is 0.694. The summed E-state index contributed by atoms with van der Waals surface area (Å²) in [6, 6.07) is 1.58. The topological polar surface area (TPSA) is 243 Å². The van der Waals surface area contributed by atoms with Gasteiger partial charge in [0.05, 0.1) is 12.1 Å². The standard InChI is InChI=1S/C36H59N7O5/c1-22-16-27(44)17-23(2)28(22)18-25(19-31(45)29(38)6-5-15-42-35(40)41)34(48)43-30(7-3-4-14-37)32(46)20-26(33(39)47)21-36-11-8-24(9-12-36)10-13-36/h16-17,24-26,29-30,44H,3-15,18-21,37-38H2,1-2H3,(H2,39,47)(H,43,48)(H4,40,41,42)/t24?,25-,26+,29-,30+,36?/m1/s1. The van der Waals surface area contributed by atoms with E-state index in [9.17, 15) is 24.3 Å². The normalized spacial score (nSPS) is 21.1. The number of ketones is 2. The van der Waals surface area contributed by atoms with Gasteiger partial charge in [0.1, 0.15) is 11.5 Å². The van der Waals surface area contributed by atoms with Gasteiger partial charge in [-0.2, -0.15) is 0 Å². The Kier molecular flexibility index (Phi) is 14.8. The van der Waals surface area contributed by atoms with E-state index in [-0.39, 0.29) is 48.0 Å². The molecule has 0 aromatic heterocycles. The summed E-state index contributed by atoms with van der Waals surface area (Å²) in [5, 5.41) is 13.1. The number of nitrogens with one attached hydrogen (secondary N) is 1. The Morgan fingerprint density at radius 2 is 1.52 bits per heavy atom. The van der Waals surface area contributed by atoms with Gasteiger partial charge in [-0.05, 0) is 144 Å². The van der Waals surface area contributed by atoms with E-state index < -0.39 is 35.7 Å². The molecule has 0 unspecified atom stereocenters. The number of phenols is 1. The van der Waals surface area contributed by atoms with Crippen LogP contribution in [0.4, 0.5) is 0 Å². The van der Waals surface area contributed by atoms with E-state index in [0.29, 0.717) is 51.6 Å². The van der Waals surface area contributed by atoms with E-state index in [1.54, 1.807) is 12.1 Å². The highest BCUT2D eigenvalue weighted by atomic mass is 16.3. The predicted molar refractivity (Wildman–Crippen MR) is 188 cm³/mol. The molecule has 0 radical (unpaired) electrons. The van der Waals surface area contributed by atoms with Crippen LogP contribution in [0.25, 0.3) is 0 Å². The van der Waals surface area contributed by atoms with E-state index in [4.69, 9.17) is 28.7 Å². The number of carbonyl (C=O) groups is 4. The van der Waals surface area contributed by atoms with Crippen LogP contribution in [-0.2, 0) is 25.6 Å². The maximum absolute atomic E-state index is 14.0. The number of nitrogens with zero attached hydrogens (tertiary/aromatic N) is 1. The number of Topliss-reactive ketones (excluding diaryl/α,β-unsaturated/α-hetero) is 2. The highest BCUT2D eigenvalue weighted by Gasteiger charge is 2.43. The summed E-state index contributed by atoms with van der Waals surface area (Å²) in [7, 11) is 0. The summed E-state index contributed by atoms with van der Waals surface area (Å²) < 4.78 is 0. The quantitative estimate of drug-likeness (QED) is 0.0577. The van der Waals surface area contributed by atoms with E-state index >= 15 is 0 Å². The number of primary amides is 1. The summed E-state index contributed by atoms with van der Waals surface area (Å²) in [6.07, 6.45) is 9.82. The number of hydrogen-bond donors (Lipinski definition) is 7. The van der Waals surface area contributed by atoms with Crippen LogP contribution in [0.2, 0.25) is 0 Å². The Bertz CT molecular complexity index is 1270. The lowest BCUT2D eigenvalue weighted by Crippen LogP contribution is -2.47. The van der Waals surface area contributed by atoms with Crippen molar-refractivity contribution in [3.63, 3.8) is 0 Å². The Labute approximate surface area is 285 Å². The lowest BCUT2D eigenvalue weighted by molar-refractivity contribution is -0.134. The minimum absolute atomic E-state index is 0.0332. The van der Waals surface area contributed by atoms with Crippen LogP contribution in [0.1, 0.15) is 107 Å². The van der Waals surface area contributed by atoms with Crippen molar-refractivity contribution in [2.45, 2.75) is 122 Å². The number of carbonyl (C=O) groups excluding carboxylic acids is 4. The number of fused-ring (bicyclic) bond motifs is 3. The first-order valence-corrected chi connectivity index (χ1v) is 17.7. The molecule has 12 N–H and O–H groups in total. The van der Waals surface area contributed by atoms with Crippen molar-refractivity contribution in [1.82, 2.24) is 5.32 Å². The molecule has 12 heteroatoms. The van der Waals surface area contributed by atoms with Crippen molar-refractivity contribution in [2.24, 2.45) is 56.8 Å². The third-order valence-corrected chi connectivity index (χ3v) is 10.8. The first kappa shape index (κ1) is 38.9. The van der Waals surface area contributed by atoms with E-state index in [1.807, 2.05) is 13.8 Å². The smallest absolute Gasteiger partial charge is 0.224 e. The number of aliphatic imine (C=N–C) groups is 1. The lowest BCUT2D eigenvalue weighted by Gasteiger charge is -2.48. The van der Waals surface area contributed by atoms with Crippen LogP contribution < -0.4 is 34.0 Å². The number of unbranched alkanes of at least 4 members (excludes halogenated alkanes) is 1. The largest absolute Gasteiger partial charge is 0.508 e. The van der Waals surface area contributed by atoms with Crippen LogP contribution in [0, 0.1) is 37.0 Å². The van der Waals surface area contributed by atoms with Crippen molar-refractivity contribution in [2.75, 3.05) is 13.1 Å². The van der Waals surface area contributed by atoms with Gasteiger partial charge in [0.2, 0.25) is 11.8 Å². The van der Waals surface area contributed by atoms with Gasteiger partial charge in [0.25, 0.3) is 0 Å². The third kappa shape index (κ3) is 11.6. The molecule has 1 aromatic carbocycles. The Balaban J connectivity index is 1.80. The number of hydrogen-bond acceptors (Lipinski definition) is 8. The van der Waals surface area contributed by atoms with Gasteiger partial charge in [-0.25, -0.2) is 0 Å². The molecule has 2 bridgehead atoms. The zero-order chi connectivity index (χ0) is 35.4. The molecule has 4 atom stereocenters. The SMILES string of the molecule is Cc1cc(O)cc(C)c1C[C@H](CC(=O)[C@H](N)CCCN=C(N)N)C(=O)N[C@@H](CCCCN)C(=O)C[C@@H](CC12CCC(CC1)CC2)C(N)=O. The average molecular weight is 670 g/mol. The second kappa shape index (κ2) is 18.3. The maximum Gasteiger partial charge on any atom is 0.224 e. The van der Waals surface area contributed by atoms with Crippen molar-refractivity contribution in [3.8, 4) is 5.75 Å². The minimum Gasteiger partial charge on any atom is -0.508 e. The van der Waals surface area contributed by atoms with Gasteiger partial charge in [-0.1, -0.05) is 0 Å². The molecule has 3 fully saturated rings. The Hall–Kier alpha value is -3.51. The molecule has 268 valence electrons. The van der Waals surface area contributed by atoms with Gasteiger partial charge in [-0.15, -0.1) is 0 Å². The van der Waals surface area contributed by atoms with Crippen molar-refractivity contribution in [1.29, 1.82) is 0 Å². The van der Waals surface area contributed by atoms with E-state index in [1.165, 1.54) is 0 Å². The van der Waals surface area contributed by atoms with Crippen LogP contribution in [0.5, 0.6) is 5.75 Å². The molecule has 48 heavy (non-hydrogen) atoms. The van der Waals surface area contributed by atoms with Gasteiger partial charge in [0, 0.05) is 31.2 Å². The summed E-state index contributed by atoms with van der Waals surface area (Å²) in [4.78, 5) is 57.9. The molecule has 3 aliphatic carbocycles. The molecule has 2 amide bonds. The fourth-order valence-corrected chi connectivity index (χ4v) is 7.79. The van der Waals surface area contributed by atoms with Gasteiger partial charge < -0.3 is 39.1 Å². The molecule has 3 aliphatic rings. The van der Waals surface area contributed by atoms with Gasteiger partial charge in [-0.3, -0.25) is 24.2 Å². The molecular weight excluding hydrogens is 610 g/mol. The fourth-order valence-electron chi connectivity index (χ4n) is 7.79. The summed E-state index contributed by atoms with van der Waals surface area (Å²) >= 11 is 0. The summed E-state index contributed by atoms with van der Waals surface area (Å²) in [5.74, 6) is -2.00. The molecule has 0 heterocycles. The number of benzene rings is 1. The van der Waals surface area contributed by atoms with E-state index in [2.05, 4.69) is 10.3 Å². The monoisotopic (exact) mass is 669 g/mol. The van der Waals surface area contributed by atoms with Crippen molar-refractivity contribution in [3.05, 3.63) is 28.8 Å². The third-order valence-electron chi connectivity index (χ3n) is 10.8. The zero-order valence-corrected chi connectivity index (χ0v) is 29.0. The maximum atomic E-state index is 14.0. The Morgan fingerprint density at radius 1 is 0.917 bits per heavy atom. The zero-order valence-electron chi connectivity index (χ0n) is 29.0. The molecule has 0 spiro atoms. The summed E-state index contributed by atoms with van der Waals surface area (Å²) in [6.45, 7) is 4.46. The molecule has 0 aliphatic heterocycles. The molecule has 3 saturated carbocycles. The number of phenolic OH excluding ortho intramolecular Hbond substituents is 1. The van der Waals surface area contributed by atoms with Crippen molar-refractivity contribution >= 4 is 29.3 Å². The number of aryl methyl sites for hydroxylation is 2. The molecule has 12 nitrogen and oxygen atoms in total. The highest BCUT2D eigenvalue weighted by molar-refractivity contribution is 5.94. The Morgan fingerprint density at radius 3 is 2.08 bits per heavy atom. The number of nitrogens with two attached hydrogens (primary N) is 5. The van der Waals surface area contributed by atoms with Crippen molar-refractivity contribution < 1.29 is 24.3 Å². The van der Waals surface area contributed by atoms with Crippen LogP contribution in [0.3, 0.4) is 0 Å². The second-order valence-electron chi connectivity index (χ2n) is 14.5. The van der Waals surface area contributed by atoms with E-state index in [0.717, 1.165) is 61.1 Å². The molecular formula is C36H59N7O5. The average Bonchev–Trinajstić information content (AvgIpc) is 3.03.